The van der Waals surface area contributed by atoms with Gasteiger partial charge in [-0.25, -0.2) is 0 Å². The topological polar surface area (TPSA) is 30.7 Å². The highest BCUT2D eigenvalue weighted by Gasteiger charge is 2.14. The molecule has 0 N–H and O–H groups in total. The lowest BCUT2D eigenvalue weighted by atomic mass is 10.2. The van der Waals surface area contributed by atoms with Gasteiger partial charge in [0.15, 0.2) is 0 Å². The average Bonchev–Trinajstić information content (AvgIpc) is 2.65. The number of aryl methyl sites for hydroxylation is 2. The SMILES string of the molecule is CCc1nnc(Cl)n1-c1cc(Cl)c(C)cc1Cl. The summed E-state index contributed by atoms with van der Waals surface area (Å²) in [6.07, 6.45) is 0.710. The van der Waals surface area contributed by atoms with Crippen molar-refractivity contribution in [2.45, 2.75) is 20.3 Å². The van der Waals surface area contributed by atoms with Gasteiger partial charge in [-0.3, -0.25) is 4.57 Å². The van der Waals surface area contributed by atoms with Crippen molar-refractivity contribution in [2.75, 3.05) is 0 Å². The number of nitrogens with zero attached hydrogens (tertiary/aromatic N) is 3. The zero-order valence-electron chi connectivity index (χ0n) is 9.34. The van der Waals surface area contributed by atoms with E-state index in [4.69, 9.17) is 34.8 Å². The Labute approximate surface area is 114 Å². The van der Waals surface area contributed by atoms with Gasteiger partial charge in [0.25, 0.3) is 0 Å². The zero-order valence-corrected chi connectivity index (χ0v) is 11.6. The van der Waals surface area contributed by atoms with Crippen molar-refractivity contribution in [1.29, 1.82) is 0 Å². The molecule has 0 aliphatic heterocycles. The Morgan fingerprint density at radius 1 is 1.12 bits per heavy atom. The second-order valence-corrected chi connectivity index (χ2v) is 4.78. The van der Waals surface area contributed by atoms with Crippen LogP contribution in [0.4, 0.5) is 0 Å². The van der Waals surface area contributed by atoms with E-state index in [0.29, 0.717) is 22.2 Å². The Hall–Kier alpha value is -0.770. The Bertz CT molecular complexity index is 563. The predicted molar refractivity (Wildman–Crippen MR) is 70.5 cm³/mol. The Balaban J connectivity index is 2.68. The van der Waals surface area contributed by atoms with Crippen LogP contribution in [0, 0.1) is 6.92 Å². The van der Waals surface area contributed by atoms with E-state index < -0.39 is 0 Å². The molecule has 90 valence electrons. The second-order valence-electron chi connectivity index (χ2n) is 3.63. The first-order chi connectivity index (χ1) is 8.04. The summed E-state index contributed by atoms with van der Waals surface area (Å²) in [7, 11) is 0. The molecule has 0 atom stereocenters. The highest BCUT2D eigenvalue weighted by atomic mass is 35.5. The minimum absolute atomic E-state index is 0.281. The summed E-state index contributed by atoms with van der Waals surface area (Å²) < 4.78 is 1.70. The lowest BCUT2D eigenvalue weighted by Crippen LogP contribution is -2.01. The molecule has 0 amide bonds. The lowest BCUT2D eigenvalue weighted by Gasteiger charge is -2.10. The minimum atomic E-state index is 0.281. The molecule has 3 nitrogen and oxygen atoms in total. The van der Waals surface area contributed by atoms with Gasteiger partial charge in [-0.05, 0) is 36.2 Å². The molecule has 6 heteroatoms. The third-order valence-electron chi connectivity index (χ3n) is 2.48. The molecule has 1 heterocycles. The van der Waals surface area contributed by atoms with E-state index in [1.54, 1.807) is 16.7 Å². The predicted octanol–water partition coefficient (Wildman–Crippen LogP) is 4.10. The van der Waals surface area contributed by atoms with E-state index in [2.05, 4.69) is 10.2 Å². The minimum Gasteiger partial charge on any atom is -0.268 e. The van der Waals surface area contributed by atoms with Crippen LogP contribution in [0.2, 0.25) is 15.3 Å². The van der Waals surface area contributed by atoms with Gasteiger partial charge in [0, 0.05) is 11.4 Å². The molecule has 0 spiro atoms. The first-order valence-corrected chi connectivity index (χ1v) is 6.23. The van der Waals surface area contributed by atoms with Crippen molar-refractivity contribution in [3.05, 3.63) is 38.8 Å². The van der Waals surface area contributed by atoms with Gasteiger partial charge in [-0.2, -0.15) is 0 Å². The van der Waals surface area contributed by atoms with Gasteiger partial charge in [0.1, 0.15) is 5.82 Å². The number of rotatable bonds is 2. The Morgan fingerprint density at radius 2 is 1.82 bits per heavy atom. The summed E-state index contributed by atoms with van der Waals surface area (Å²) in [5.74, 6) is 0.747. The molecule has 1 aromatic carbocycles. The lowest BCUT2D eigenvalue weighted by molar-refractivity contribution is 0.883. The fourth-order valence-electron chi connectivity index (χ4n) is 1.57. The molecule has 2 aromatic rings. The quantitative estimate of drug-likeness (QED) is 0.833. The second kappa shape index (κ2) is 4.84. The van der Waals surface area contributed by atoms with Crippen molar-refractivity contribution in [3.63, 3.8) is 0 Å². The van der Waals surface area contributed by atoms with Crippen LogP contribution < -0.4 is 0 Å². The molecule has 0 aliphatic rings. The van der Waals surface area contributed by atoms with Crippen molar-refractivity contribution in [1.82, 2.24) is 14.8 Å². The molecule has 2 rings (SSSR count). The molecule has 1 aromatic heterocycles. The maximum atomic E-state index is 6.20. The van der Waals surface area contributed by atoms with Crippen LogP contribution >= 0.6 is 34.8 Å². The monoisotopic (exact) mass is 289 g/mol. The van der Waals surface area contributed by atoms with E-state index in [1.807, 2.05) is 13.8 Å². The first-order valence-electron chi connectivity index (χ1n) is 5.10. The summed E-state index contributed by atoms with van der Waals surface area (Å²) in [5, 5.41) is 9.31. The zero-order chi connectivity index (χ0) is 12.6. The van der Waals surface area contributed by atoms with Gasteiger partial charge in [0.2, 0.25) is 5.28 Å². The number of aromatic nitrogens is 3. The molecule has 0 saturated heterocycles. The summed E-state index contributed by atoms with van der Waals surface area (Å²) in [6, 6.07) is 3.57. The maximum absolute atomic E-state index is 6.20. The number of benzene rings is 1. The van der Waals surface area contributed by atoms with E-state index in [9.17, 15) is 0 Å². The number of halogens is 3. The van der Waals surface area contributed by atoms with Crippen molar-refractivity contribution < 1.29 is 0 Å². The number of hydrogen-bond acceptors (Lipinski definition) is 2. The molecule has 0 saturated carbocycles. The van der Waals surface area contributed by atoms with Crippen LogP contribution in [0.15, 0.2) is 12.1 Å². The van der Waals surface area contributed by atoms with Gasteiger partial charge >= 0.3 is 0 Å². The van der Waals surface area contributed by atoms with Gasteiger partial charge in [-0.1, -0.05) is 30.1 Å². The largest absolute Gasteiger partial charge is 0.268 e. The van der Waals surface area contributed by atoms with Gasteiger partial charge in [0.05, 0.1) is 10.7 Å². The van der Waals surface area contributed by atoms with E-state index in [1.165, 1.54) is 0 Å². The van der Waals surface area contributed by atoms with Gasteiger partial charge < -0.3 is 0 Å². The van der Waals surface area contributed by atoms with Crippen LogP contribution in [-0.2, 0) is 6.42 Å². The van der Waals surface area contributed by atoms with E-state index in [0.717, 1.165) is 11.4 Å². The normalized spacial score (nSPS) is 10.9. The Kier molecular flexibility index (Phi) is 3.61. The van der Waals surface area contributed by atoms with Crippen LogP contribution in [0.3, 0.4) is 0 Å². The van der Waals surface area contributed by atoms with Crippen LogP contribution in [0.1, 0.15) is 18.3 Å². The summed E-state index contributed by atoms with van der Waals surface area (Å²) in [5.41, 5.74) is 1.62. The molecule has 0 radical (unpaired) electrons. The first kappa shape index (κ1) is 12.7. The number of hydrogen-bond donors (Lipinski definition) is 0. The fraction of sp³-hybridized carbons (Fsp3) is 0.273. The third-order valence-corrected chi connectivity index (χ3v) is 3.43. The van der Waals surface area contributed by atoms with Crippen molar-refractivity contribution >= 4 is 34.8 Å². The smallest absolute Gasteiger partial charge is 0.229 e. The summed E-state index contributed by atoms with van der Waals surface area (Å²) in [6.45, 7) is 3.87. The van der Waals surface area contributed by atoms with Crippen LogP contribution in [-0.4, -0.2) is 14.8 Å². The fourth-order valence-corrected chi connectivity index (χ4v) is 2.26. The van der Waals surface area contributed by atoms with Gasteiger partial charge in [-0.15, -0.1) is 10.2 Å². The summed E-state index contributed by atoms with van der Waals surface area (Å²) in [4.78, 5) is 0. The van der Waals surface area contributed by atoms with E-state index in [-0.39, 0.29) is 5.28 Å². The molecule has 17 heavy (non-hydrogen) atoms. The average molecular weight is 291 g/mol. The maximum Gasteiger partial charge on any atom is 0.229 e. The molecular weight excluding hydrogens is 281 g/mol. The van der Waals surface area contributed by atoms with Crippen LogP contribution in [0.25, 0.3) is 5.69 Å². The Morgan fingerprint density at radius 3 is 2.47 bits per heavy atom. The molecule has 0 unspecified atom stereocenters. The van der Waals surface area contributed by atoms with Crippen LogP contribution in [0.5, 0.6) is 0 Å². The van der Waals surface area contributed by atoms with Crippen molar-refractivity contribution in [2.24, 2.45) is 0 Å². The summed E-state index contributed by atoms with van der Waals surface area (Å²) >= 11 is 18.3. The molecule has 0 aliphatic carbocycles. The standard InChI is InChI=1S/C11H10Cl3N3/c1-3-10-15-16-11(14)17(10)9-5-7(12)6(2)4-8(9)13/h4-5H,3H2,1-2H3. The third kappa shape index (κ3) is 2.28. The molecule has 0 fully saturated rings. The van der Waals surface area contributed by atoms with Crippen molar-refractivity contribution in [3.8, 4) is 5.69 Å². The highest BCUT2D eigenvalue weighted by Crippen LogP contribution is 2.30. The highest BCUT2D eigenvalue weighted by molar-refractivity contribution is 6.35. The molecule has 0 bridgehead atoms. The van der Waals surface area contributed by atoms with E-state index >= 15 is 0 Å². The molecular formula is C11H10Cl3N3.